The Labute approximate surface area is 116 Å². The Morgan fingerprint density at radius 3 is 2.95 bits per heavy atom. The molecule has 0 amide bonds. The molecule has 19 heavy (non-hydrogen) atoms. The highest BCUT2D eigenvalue weighted by Crippen LogP contribution is 2.30. The first-order valence-electron chi connectivity index (χ1n) is 6.36. The van der Waals surface area contributed by atoms with Gasteiger partial charge in [0.2, 0.25) is 0 Å². The molecule has 1 fully saturated rings. The van der Waals surface area contributed by atoms with Crippen LogP contribution in [0.4, 0.5) is 5.69 Å². The van der Waals surface area contributed by atoms with E-state index in [-0.39, 0.29) is 18.4 Å². The minimum atomic E-state index is -0.431. The third-order valence-electron chi connectivity index (χ3n) is 3.59. The zero-order chi connectivity index (χ0) is 13.8. The van der Waals surface area contributed by atoms with Crippen molar-refractivity contribution in [1.29, 1.82) is 0 Å². The molecule has 0 aromatic heterocycles. The van der Waals surface area contributed by atoms with E-state index in [4.69, 9.17) is 22.1 Å². The average molecular weight is 285 g/mol. The van der Waals surface area contributed by atoms with Crippen molar-refractivity contribution in [3.05, 3.63) is 38.9 Å². The van der Waals surface area contributed by atoms with E-state index in [0.29, 0.717) is 23.0 Å². The Morgan fingerprint density at radius 1 is 1.47 bits per heavy atom. The third-order valence-corrected chi connectivity index (χ3v) is 3.82. The van der Waals surface area contributed by atoms with E-state index in [0.717, 1.165) is 19.3 Å². The van der Waals surface area contributed by atoms with Crippen molar-refractivity contribution in [1.82, 2.24) is 0 Å². The van der Waals surface area contributed by atoms with E-state index in [1.807, 2.05) is 0 Å². The molecule has 0 aliphatic heterocycles. The maximum atomic E-state index is 11.0. The van der Waals surface area contributed by atoms with Crippen LogP contribution in [0.3, 0.4) is 0 Å². The number of ether oxygens (including phenoxy) is 1. The van der Waals surface area contributed by atoms with Gasteiger partial charge < -0.3 is 10.5 Å². The Morgan fingerprint density at radius 2 is 2.26 bits per heavy atom. The molecule has 1 aromatic carbocycles. The smallest absolute Gasteiger partial charge is 0.276 e. The van der Waals surface area contributed by atoms with Gasteiger partial charge in [-0.05, 0) is 37.4 Å². The summed E-state index contributed by atoms with van der Waals surface area (Å²) in [4.78, 5) is 10.5. The van der Waals surface area contributed by atoms with Gasteiger partial charge in [-0.15, -0.1) is 0 Å². The van der Waals surface area contributed by atoms with E-state index < -0.39 is 4.92 Å². The third kappa shape index (κ3) is 3.43. The monoisotopic (exact) mass is 284 g/mol. The van der Waals surface area contributed by atoms with Gasteiger partial charge in [-0.2, -0.15) is 0 Å². The molecule has 2 rings (SSSR count). The summed E-state index contributed by atoms with van der Waals surface area (Å²) in [5, 5.41) is 11.3. The number of rotatable bonds is 5. The number of halogens is 1. The van der Waals surface area contributed by atoms with Gasteiger partial charge in [-0.25, -0.2) is 0 Å². The van der Waals surface area contributed by atoms with Crippen molar-refractivity contribution < 1.29 is 9.66 Å². The van der Waals surface area contributed by atoms with Crippen LogP contribution in [-0.2, 0) is 11.3 Å². The molecule has 0 bridgehead atoms. The summed E-state index contributed by atoms with van der Waals surface area (Å²) in [6, 6.07) is 4.64. The summed E-state index contributed by atoms with van der Waals surface area (Å²) in [5.41, 5.74) is 6.25. The summed E-state index contributed by atoms with van der Waals surface area (Å²) < 4.78 is 5.80. The number of hydrogen-bond acceptors (Lipinski definition) is 4. The van der Waals surface area contributed by atoms with Gasteiger partial charge >= 0.3 is 0 Å². The summed E-state index contributed by atoms with van der Waals surface area (Å²) in [5.74, 6) is 0.367. The summed E-state index contributed by atoms with van der Waals surface area (Å²) in [7, 11) is 0. The Kier molecular flexibility index (Phi) is 4.74. The van der Waals surface area contributed by atoms with Gasteiger partial charge in [-0.1, -0.05) is 18.0 Å². The first-order chi connectivity index (χ1) is 9.11. The minimum absolute atomic E-state index is 0.00907. The van der Waals surface area contributed by atoms with Crippen LogP contribution in [0.5, 0.6) is 0 Å². The second-order valence-corrected chi connectivity index (χ2v) is 5.24. The van der Waals surface area contributed by atoms with E-state index in [1.165, 1.54) is 6.07 Å². The van der Waals surface area contributed by atoms with Crippen LogP contribution in [0.15, 0.2) is 18.2 Å². The standard InChI is InChI=1S/C13H17ClN2O3/c14-11-5-4-10(12(6-11)16(17)18)8-19-13-3-1-2-9(13)7-15/h4-6,9,13H,1-3,7-8,15H2. The van der Waals surface area contributed by atoms with Gasteiger partial charge in [0.05, 0.1) is 23.2 Å². The molecule has 0 spiro atoms. The quantitative estimate of drug-likeness (QED) is 0.666. The van der Waals surface area contributed by atoms with E-state index in [2.05, 4.69) is 0 Å². The van der Waals surface area contributed by atoms with Crippen molar-refractivity contribution in [2.75, 3.05) is 6.54 Å². The molecular weight excluding hydrogens is 268 g/mol. The normalized spacial score (nSPS) is 22.6. The molecule has 2 unspecified atom stereocenters. The second kappa shape index (κ2) is 6.32. The van der Waals surface area contributed by atoms with Crippen LogP contribution in [0, 0.1) is 16.0 Å². The minimum Gasteiger partial charge on any atom is -0.373 e. The van der Waals surface area contributed by atoms with Crippen molar-refractivity contribution in [2.24, 2.45) is 11.7 Å². The molecule has 5 nitrogen and oxygen atoms in total. The Hall–Kier alpha value is -1.17. The zero-order valence-electron chi connectivity index (χ0n) is 10.5. The van der Waals surface area contributed by atoms with Crippen molar-refractivity contribution in [3.8, 4) is 0 Å². The molecule has 104 valence electrons. The number of nitrogens with zero attached hydrogens (tertiary/aromatic N) is 1. The lowest BCUT2D eigenvalue weighted by Gasteiger charge is -2.18. The van der Waals surface area contributed by atoms with Crippen LogP contribution in [-0.4, -0.2) is 17.6 Å². The second-order valence-electron chi connectivity index (χ2n) is 4.81. The molecule has 6 heteroatoms. The van der Waals surface area contributed by atoms with E-state index in [1.54, 1.807) is 12.1 Å². The predicted octanol–water partition coefficient (Wildman–Crippen LogP) is 2.89. The van der Waals surface area contributed by atoms with Crippen LogP contribution >= 0.6 is 11.6 Å². The first kappa shape index (κ1) is 14.2. The SMILES string of the molecule is NCC1CCCC1OCc1ccc(Cl)cc1[N+](=O)[O-]. The fourth-order valence-corrected chi connectivity index (χ4v) is 2.68. The van der Waals surface area contributed by atoms with Gasteiger partial charge in [0, 0.05) is 11.1 Å². The highest BCUT2D eigenvalue weighted by molar-refractivity contribution is 6.30. The van der Waals surface area contributed by atoms with Gasteiger partial charge in [0.1, 0.15) is 0 Å². The highest BCUT2D eigenvalue weighted by atomic mass is 35.5. The van der Waals surface area contributed by atoms with Crippen LogP contribution in [0.2, 0.25) is 5.02 Å². The highest BCUT2D eigenvalue weighted by Gasteiger charge is 2.27. The lowest BCUT2D eigenvalue weighted by molar-refractivity contribution is -0.386. The molecule has 0 saturated heterocycles. The fraction of sp³-hybridized carbons (Fsp3) is 0.538. The molecule has 1 aliphatic carbocycles. The zero-order valence-corrected chi connectivity index (χ0v) is 11.3. The predicted molar refractivity (Wildman–Crippen MR) is 73.1 cm³/mol. The number of benzene rings is 1. The topological polar surface area (TPSA) is 78.4 Å². The lowest BCUT2D eigenvalue weighted by Crippen LogP contribution is -2.25. The van der Waals surface area contributed by atoms with Crippen LogP contribution in [0.1, 0.15) is 24.8 Å². The van der Waals surface area contributed by atoms with Crippen molar-refractivity contribution >= 4 is 17.3 Å². The largest absolute Gasteiger partial charge is 0.373 e. The van der Waals surface area contributed by atoms with Gasteiger partial charge in [-0.3, -0.25) is 10.1 Å². The van der Waals surface area contributed by atoms with E-state index >= 15 is 0 Å². The van der Waals surface area contributed by atoms with Crippen LogP contribution in [0.25, 0.3) is 0 Å². The average Bonchev–Trinajstić information content (AvgIpc) is 2.84. The molecule has 1 aliphatic rings. The Balaban J connectivity index is 2.05. The molecule has 1 aromatic rings. The Bertz CT molecular complexity index is 467. The first-order valence-corrected chi connectivity index (χ1v) is 6.74. The molecule has 2 atom stereocenters. The number of nitro benzene ring substituents is 1. The lowest BCUT2D eigenvalue weighted by atomic mass is 10.1. The maximum absolute atomic E-state index is 11.0. The van der Waals surface area contributed by atoms with Crippen molar-refractivity contribution in [3.63, 3.8) is 0 Å². The van der Waals surface area contributed by atoms with Crippen molar-refractivity contribution in [2.45, 2.75) is 32.0 Å². The number of hydrogen-bond donors (Lipinski definition) is 1. The van der Waals surface area contributed by atoms with E-state index in [9.17, 15) is 10.1 Å². The summed E-state index contributed by atoms with van der Waals surface area (Å²) in [6.45, 7) is 0.835. The fourth-order valence-electron chi connectivity index (χ4n) is 2.52. The molecule has 0 radical (unpaired) electrons. The number of nitrogens with two attached hydrogens (primary N) is 1. The van der Waals surface area contributed by atoms with Gasteiger partial charge in [0.25, 0.3) is 5.69 Å². The summed E-state index contributed by atoms with van der Waals surface area (Å²) >= 11 is 5.77. The van der Waals surface area contributed by atoms with Gasteiger partial charge in [0.15, 0.2) is 0 Å². The summed E-state index contributed by atoms with van der Waals surface area (Å²) in [6.07, 6.45) is 3.27. The molecule has 0 heterocycles. The number of nitro groups is 1. The molecule has 1 saturated carbocycles. The van der Waals surface area contributed by atoms with Crippen LogP contribution < -0.4 is 5.73 Å². The molecular formula is C13H17ClN2O3. The maximum Gasteiger partial charge on any atom is 0.276 e. The molecule has 2 N–H and O–H groups in total.